The fourth-order valence-corrected chi connectivity index (χ4v) is 2.64. The van der Waals surface area contributed by atoms with E-state index in [1.165, 1.54) is 12.1 Å². The Labute approximate surface area is 107 Å². The Morgan fingerprint density at radius 1 is 1.44 bits per heavy atom. The second-order valence-corrected chi connectivity index (χ2v) is 5.09. The Balaban J connectivity index is 2.05. The molecule has 1 aromatic rings. The molecule has 0 bridgehead atoms. The van der Waals surface area contributed by atoms with Gasteiger partial charge in [-0.1, -0.05) is 6.07 Å². The number of nitrogens with two attached hydrogens (primary N) is 1. The van der Waals surface area contributed by atoms with Crippen LogP contribution in [0.2, 0.25) is 0 Å². The first-order valence-electron chi connectivity index (χ1n) is 6.54. The summed E-state index contributed by atoms with van der Waals surface area (Å²) >= 11 is 0. The number of aromatic hydroxyl groups is 1. The van der Waals surface area contributed by atoms with Gasteiger partial charge in [-0.2, -0.15) is 0 Å². The van der Waals surface area contributed by atoms with E-state index in [1.807, 2.05) is 0 Å². The number of phenolic OH excluding ortho intramolecular Hbond substituents is 1. The smallest absolute Gasteiger partial charge is 0.126 e. The van der Waals surface area contributed by atoms with Crippen LogP contribution in [0.25, 0.3) is 0 Å². The van der Waals surface area contributed by atoms with Crippen LogP contribution >= 0.6 is 0 Å². The van der Waals surface area contributed by atoms with Gasteiger partial charge in [0, 0.05) is 17.7 Å². The van der Waals surface area contributed by atoms with Gasteiger partial charge in [0.25, 0.3) is 0 Å². The van der Waals surface area contributed by atoms with E-state index in [0.717, 1.165) is 38.0 Å². The molecule has 3 N–H and O–H groups in total. The second kappa shape index (κ2) is 5.67. The molecule has 3 nitrogen and oxygen atoms in total. The van der Waals surface area contributed by atoms with Crippen molar-refractivity contribution in [2.45, 2.75) is 25.8 Å². The molecule has 1 aromatic carbocycles. The molecule has 0 saturated carbocycles. The van der Waals surface area contributed by atoms with Crippen LogP contribution in [-0.2, 0) is 0 Å². The molecule has 4 heteroatoms. The van der Waals surface area contributed by atoms with Crippen LogP contribution in [0.1, 0.15) is 31.4 Å². The number of rotatable bonds is 3. The lowest BCUT2D eigenvalue weighted by Gasteiger charge is -2.36. The van der Waals surface area contributed by atoms with Gasteiger partial charge in [0.15, 0.2) is 0 Å². The predicted molar refractivity (Wildman–Crippen MR) is 69.8 cm³/mol. The quantitative estimate of drug-likeness (QED) is 0.867. The van der Waals surface area contributed by atoms with Crippen molar-refractivity contribution in [2.24, 2.45) is 11.7 Å². The van der Waals surface area contributed by atoms with Crippen LogP contribution < -0.4 is 5.73 Å². The summed E-state index contributed by atoms with van der Waals surface area (Å²) in [7, 11) is 0. The van der Waals surface area contributed by atoms with E-state index in [2.05, 4.69) is 11.8 Å². The Kier molecular flexibility index (Phi) is 4.19. The summed E-state index contributed by atoms with van der Waals surface area (Å²) in [6.45, 7) is 4.78. The van der Waals surface area contributed by atoms with Crippen molar-refractivity contribution in [3.8, 4) is 5.75 Å². The molecule has 18 heavy (non-hydrogen) atoms. The number of hydrogen-bond acceptors (Lipinski definition) is 3. The average molecular weight is 252 g/mol. The number of likely N-dealkylation sites (tertiary alicyclic amines) is 1. The van der Waals surface area contributed by atoms with Crippen molar-refractivity contribution in [3.63, 3.8) is 0 Å². The van der Waals surface area contributed by atoms with Crippen molar-refractivity contribution in [2.75, 3.05) is 19.6 Å². The van der Waals surface area contributed by atoms with Gasteiger partial charge in [-0.15, -0.1) is 0 Å². The molecule has 0 aromatic heterocycles. The zero-order valence-corrected chi connectivity index (χ0v) is 10.8. The number of halogens is 1. The molecular formula is C14H21FN2O. The largest absolute Gasteiger partial charge is 0.508 e. The van der Waals surface area contributed by atoms with Gasteiger partial charge in [-0.25, -0.2) is 4.39 Å². The Morgan fingerprint density at radius 2 is 2.11 bits per heavy atom. The van der Waals surface area contributed by atoms with E-state index in [9.17, 15) is 9.50 Å². The number of phenols is 1. The fourth-order valence-electron chi connectivity index (χ4n) is 2.64. The van der Waals surface area contributed by atoms with Crippen LogP contribution in [0.3, 0.4) is 0 Å². The summed E-state index contributed by atoms with van der Waals surface area (Å²) in [5, 5.41) is 9.80. The molecule has 2 rings (SSSR count). The summed E-state index contributed by atoms with van der Waals surface area (Å²) in [5.41, 5.74) is 6.47. The second-order valence-electron chi connectivity index (χ2n) is 5.09. The average Bonchev–Trinajstić information content (AvgIpc) is 2.38. The van der Waals surface area contributed by atoms with Gasteiger partial charge in [0.1, 0.15) is 11.6 Å². The lowest BCUT2D eigenvalue weighted by Crippen LogP contribution is -2.37. The standard InChI is InChI=1S/C14H21FN2O/c1-10(13-3-2-12(15)8-14(13)18)17-6-4-11(9-16)5-7-17/h2-3,8,10-11,18H,4-7,9,16H2,1H3. The lowest BCUT2D eigenvalue weighted by molar-refractivity contribution is 0.142. The molecule has 100 valence electrons. The van der Waals surface area contributed by atoms with Crippen LogP contribution in [0, 0.1) is 11.7 Å². The summed E-state index contributed by atoms with van der Waals surface area (Å²) in [6.07, 6.45) is 2.20. The maximum Gasteiger partial charge on any atom is 0.126 e. The van der Waals surface area contributed by atoms with Gasteiger partial charge >= 0.3 is 0 Å². The highest BCUT2D eigenvalue weighted by Crippen LogP contribution is 2.31. The number of benzene rings is 1. The number of hydrogen-bond donors (Lipinski definition) is 2. The third-order valence-electron chi connectivity index (χ3n) is 3.97. The number of nitrogens with zero attached hydrogens (tertiary/aromatic N) is 1. The van der Waals surface area contributed by atoms with E-state index in [1.54, 1.807) is 6.07 Å². The van der Waals surface area contributed by atoms with Gasteiger partial charge in [-0.05, 0) is 51.4 Å². The molecule has 1 aliphatic heterocycles. The van der Waals surface area contributed by atoms with E-state index in [4.69, 9.17) is 5.73 Å². The summed E-state index contributed by atoms with van der Waals surface area (Å²) in [4.78, 5) is 2.32. The minimum Gasteiger partial charge on any atom is -0.508 e. The van der Waals surface area contributed by atoms with Gasteiger partial charge in [0.05, 0.1) is 0 Å². The van der Waals surface area contributed by atoms with Crippen molar-refractivity contribution in [3.05, 3.63) is 29.6 Å². The Bertz CT molecular complexity index is 403. The van der Waals surface area contributed by atoms with E-state index in [-0.39, 0.29) is 11.8 Å². The highest BCUT2D eigenvalue weighted by atomic mass is 19.1. The molecule has 1 saturated heterocycles. The van der Waals surface area contributed by atoms with E-state index >= 15 is 0 Å². The molecule has 0 amide bonds. The highest BCUT2D eigenvalue weighted by molar-refractivity contribution is 5.35. The lowest BCUT2D eigenvalue weighted by atomic mass is 9.94. The third-order valence-corrected chi connectivity index (χ3v) is 3.97. The monoisotopic (exact) mass is 252 g/mol. The van der Waals surface area contributed by atoms with Crippen molar-refractivity contribution >= 4 is 0 Å². The highest BCUT2D eigenvalue weighted by Gasteiger charge is 2.24. The van der Waals surface area contributed by atoms with E-state index in [0.29, 0.717) is 5.92 Å². The van der Waals surface area contributed by atoms with Gasteiger partial charge in [-0.3, -0.25) is 4.90 Å². The first-order chi connectivity index (χ1) is 8.61. The summed E-state index contributed by atoms with van der Waals surface area (Å²) < 4.78 is 13.0. The predicted octanol–water partition coefficient (Wildman–Crippen LogP) is 2.26. The topological polar surface area (TPSA) is 49.5 Å². The molecule has 1 unspecified atom stereocenters. The van der Waals surface area contributed by atoms with Crippen molar-refractivity contribution in [1.29, 1.82) is 0 Å². The molecule has 1 aliphatic rings. The maximum absolute atomic E-state index is 13.0. The molecule has 1 atom stereocenters. The minimum absolute atomic E-state index is 0.0449. The van der Waals surface area contributed by atoms with Crippen molar-refractivity contribution in [1.82, 2.24) is 4.90 Å². The first-order valence-corrected chi connectivity index (χ1v) is 6.54. The minimum atomic E-state index is -0.398. The van der Waals surface area contributed by atoms with Crippen LogP contribution in [0.5, 0.6) is 5.75 Å². The fraction of sp³-hybridized carbons (Fsp3) is 0.571. The molecule has 0 radical (unpaired) electrons. The summed E-state index contributed by atoms with van der Waals surface area (Å²) in [6, 6.07) is 4.37. The first kappa shape index (κ1) is 13.3. The van der Waals surface area contributed by atoms with Gasteiger partial charge in [0.2, 0.25) is 0 Å². The zero-order chi connectivity index (χ0) is 13.1. The SMILES string of the molecule is CC(c1ccc(F)cc1O)N1CCC(CN)CC1. The van der Waals surface area contributed by atoms with Crippen LogP contribution in [0.4, 0.5) is 4.39 Å². The summed E-state index contributed by atoms with van der Waals surface area (Å²) in [5.74, 6) is 0.268. The Morgan fingerprint density at radius 3 is 2.67 bits per heavy atom. The molecule has 0 aliphatic carbocycles. The third kappa shape index (κ3) is 2.82. The van der Waals surface area contributed by atoms with Crippen LogP contribution in [0.15, 0.2) is 18.2 Å². The van der Waals surface area contributed by atoms with Crippen LogP contribution in [-0.4, -0.2) is 29.6 Å². The molecule has 0 spiro atoms. The van der Waals surface area contributed by atoms with Crippen molar-refractivity contribution < 1.29 is 9.50 Å². The normalized spacial score (nSPS) is 19.9. The molecule has 1 fully saturated rings. The Hall–Kier alpha value is -1.13. The molecular weight excluding hydrogens is 231 g/mol. The zero-order valence-electron chi connectivity index (χ0n) is 10.8. The maximum atomic E-state index is 13.0. The number of piperidine rings is 1. The van der Waals surface area contributed by atoms with E-state index < -0.39 is 5.82 Å². The van der Waals surface area contributed by atoms with Gasteiger partial charge < -0.3 is 10.8 Å². The molecule has 1 heterocycles.